The number of hydrogen-bond acceptors (Lipinski definition) is 1. The van der Waals surface area contributed by atoms with Gasteiger partial charge in [-0.05, 0) is 32.4 Å². The molecular formula is C11H25N. The molecule has 1 nitrogen and oxygen atoms in total. The highest BCUT2D eigenvalue weighted by molar-refractivity contribution is 4.68. The van der Waals surface area contributed by atoms with Gasteiger partial charge in [-0.1, -0.05) is 34.1 Å². The number of rotatable bonds is 6. The average molecular weight is 171 g/mol. The second-order valence-electron chi connectivity index (χ2n) is 3.88. The van der Waals surface area contributed by atoms with Gasteiger partial charge in [0.25, 0.3) is 0 Å². The summed E-state index contributed by atoms with van der Waals surface area (Å²) in [6.07, 6.45) is 3.96. The van der Waals surface area contributed by atoms with Crippen molar-refractivity contribution in [1.82, 2.24) is 4.90 Å². The zero-order valence-electron chi connectivity index (χ0n) is 9.43. The molecule has 0 rings (SSSR count). The summed E-state index contributed by atoms with van der Waals surface area (Å²) >= 11 is 0. The molecule has 2 atom stereocenters. The summed E-state index contributed by atoms with van der Waals surface area (Å²) in [6.45, 7) is 10.3. The van der Waals surface area contributed by atoms with Gasteiger partial charge in [0.05, 0.1) is 0 Å². The van der Waals surface area contributed by atoms with E-state index in [-0.39, 0.29) is 0 Å². The maximum absolute atomic E-state index is 2.46. The van der Waals surface area contributed by atoms with Crippen molar-refractivity contribution >= 4 is 0 Å². The summed E-state index contributed by atoms with van der Waals surface area (Å²) in [5.74, 6) is 0.879. The molecule has 1 unspecified atom stereocenters. The zero-order chi connectivity index (χ0) is 9.56. The molecule has 0 saturated carbocycles. The Balaban J connectivity index is 3.81. The Kier molecular flexibility index (Phi) is 6.45. The Bertz CT molecular complexity index is 101. The average Bonchev–Trinajstić information content (AvgIpc) is 2.12. The van der Waals surface area contributed by atoms with Crippen LogP contribution in [0.25, 0.3) is 0 Å². The summed E-state index contributed by atoms with van der Waals surface area (Å²) in [7, 11) is 2.23. The molecule has 0 aliphatic carbocycles. The van der Waals surface area contributed by atoms with Crippen molar-refractivity contribution in [3.8, 4) is 0 Å². The quantitative estimate of drug-likeness (QED) is 0.593. The molecule has 0 radical (unpaired) electrons. The Morgan fingerprint density at radius 1 is 1.08 bits per heavy atom. The van der Waals surface area contributed by atoms with Crippen molar-refractivity contribution in [2.75, 3.05) is 13.6 Å². The van der Waals surface area contributed by atoms with E-state index in [9.17, 15) is 0 Å². The van der Waals surface area contributed by atoms with E-state index in [1.807, 2.05) is 0 Å². The molecule has 0 aliphatic rings. The topological polar surface area (TPSA) is 3.24 Å². The van der Waals surface area contributed by atoms with Crippen LogP contribution in [-0.4, -0.2) is 24.5 Å². The highest BCUT2D eigenvalue weighted by Crippen LogP contribution is 2.15. The molecule has 0 amide bonds. The predicted octanol–water partition coefficient (Wildman–Crippen LogP) is 3.15. The maximum atomic E-state index is 2.46. The molecule has 0 bridgehead atoms. The summed E-state index contributed by atoms with van der Waals surface area (Å²) < 4.78 is 0. The van der Waals surface area contributed by atoms with Crippen LogP contribution in [0.2, 0.25) is 0 Å². The van der Waals surface area contributed by atoms with Crippen LogP contribution >= 0.6 is 0 Å². The molecule has 12 heavy (non-hydrogen) atoms. The normalized spacial score (nSPS) is 16.5. The Morgan fingerprint density at radius 2 is 1.67 bits per heavy atom. The first-order chi connectivity index (χ1) is 5.65. The van der Waals surface area contributed by atoms with E-state index in [4.69, 9.17) is 0 Å². The van der Waals surface area contributed by atoms with Crippen molar-refractivity contribution in [2.45, 2.75) is 53.0 Å². The largest absolute Gasteiger partial charge is 0.304 e. The van der Waals surface area contributed by atoms with E-state index in [0.29, 0.717) is 0 Å². The number of hydrogen-bond donors (Lipinski definition) is 0. The van der Waals surface area contributed by atoms with Gasteiger partial charge in [0.2, 0.25) is 0 Å². The first-order valence-electron chi connectivity index (χ1n) is 5.35. The van der Waals surface area contributed by atoms with Crippen molar-refractivity contribution < 1.29 is 0 Å². The molecule has 0 spiro atoms. The first kappa shape index (κ1) is 12.0. The fraction of sp³-hybridized carbons (Fsp3) is 1.00. The van der Waals surface area contributed by atoms with Crippen LogP contribution in [0.5, 0.6) is 0 Å². The van der Waals surface area contributed by atoms with Gasteiger partial charge in [-0.15, -0.1) is 0 Å². The van der Waals surface area contributed by atoms with Crippen LogP contribution in [-0.2, 0) is 0 Å². The van der Waals surface area contributed by atoms with Crippen molar-refractivity contribution in [3.05, 3.63) is 0 Å². The highest BCUT2D eigenvalue weighted by Gasteiger charge is 2.13. The molecule has 0 aromatic heterocycles. The molecule has 0 aromatic carbocycles. The summed E-state index contributed by atoms with van der Waals surface area (Å²) in [6, 6.07) is 0.796. The molecule has 0 aliphatic heterocycles. The third-order valence-corrected chi connectivity index (χ3v) is 2.96. The molecule has 0 fully saturated rings. The summed E-state index contributed by atoms with van der Waals surface area (Å²) in [5.41, 5.74) is 0. The third kappa shape index (κ3) is 4.10. The maximum Gasteiger partial charge on any atom is 0.00920 e. The lowest BCUT2D eigenvalue weighted by molar-refractivity contribution is 0.211. The van der Waals surface area contributed by atoms with Gasteiger partial charge in [-0.25, -0.2) is 0 Å². The van der Waals surface area contributed by atoms with E-state index in [1.54, 1.807) is 0 Å². The van der Waals surface area contributed by atoms with E-state index in [0.717, 1.165) is 12.0 Å². The SMILES string of the molecule is CCC(C[C@H](C)CC)N(C)CC. The van der Waals surface area contributed by atoms with Crippen LogP contribution in [0.4, 0.5) is 0 Å². The molecule has 0 saturated heterocycles. The number of nitrogens with zero attached hydrogens (tertiary/aromatic N) is 1. The lowest BCUT2D eigenvalue weighted by atomic mass is 9.97. The standard InChI is InChI=1S/C11H25N/c1-6-10(4)9-11(7-2)12(5)8-3/h10-11H,6-9H2,1-5H3/t10-,11?/m1/s1. The van der Waals surface area contributed by atoms with Crippen molar-refractivity contribution in [2.24, 2.45) is 5.92 Å². The Morgan fingerprint density at radius 3 is 2.00 bits per heavy atom. The molecule has 0 aromatic rings. The van der Waals surface area contributed by atoms with Crippen LogP contribution in [0, 0.1) is 5.92 Å². The zero-order valence-corrected chi connectivity index (χ0v) is 9.43. The fourth-order valence-corrected chi connectivity index (χ4v) is 1.55. The summed E-state index contributed by atoms with van der Waals surface area (Å²) in [4.78, 5) is 2.46. The van der Waals surface area contributed by atoms with Crippen LogP contribution in [0.3, 0.4) is 0 Å². The highest BCUT2D eigenvalue weighted by atomic mass is 15.1. The monoisotopic (exact) mass is 171 g/mol. The minimum absolute atomic E-state index is 0.796. The fourth-order valence-electron chi connectivity index (χ4n) is 1.55. The minimum Gasteiger partial charge on any atom is -0.304 e. The first-order valence-corrected chi connectivity index (χ1v) is 5.35. The summed E-state index contributed by atoms with van der Waals surface area (Å²) in [5, 5.41) is 0. The molecule has 74 valence electrons. The second kappa shape index (κ2) is 6.47. The van der Waals surface area contributed by atoms with Gasteiger partial charge in [0.1, 0.15) is 0 Å². The smallest absolute Gasteiger partial charge is 0.00920 e. The van der Waals surface area contributed by atoms with E-state index >= 15 is 0 Å². The van der Waals surface area contributed by atoms with E-state index in [2.05, 4.69) is 39.6 Å². The molecule has 1 heteroatoms. The predicted molar refractivity (Wildman–Crippen MR) is 56.5 cm³/mol. The van der Waals surface area contributed by atoms with Gasteiger partial charge >= 0.3 is 0 Å². The van der Waals surface area contributed by atoms with Crippen LogP contribution < -0.4 is 0 Å². The molecule has 0 N–H and O–H groups in total. The Hall–Kier alpha value is -0.0400. The van der Waals surface area contributed by atoms with Crippen LogP contribution in [0.15, 0.2) is 0 Å². The second-order valence-corrected chi connectivity index (χ2v) is 3.88. The van der Waals surface area contributed by atoms with E-state index in [1.165, 1.54) is 25.8 Å². The van der Waals surface area contributed by atoms with Gasteiger partial charge in [-0.3, -0.25) is 0 Å². The van der Waals surface area contributed by atoms with Gasteiger partial charge in [0, 0.05) is 6.04 Å². The minimum atomic E-state index is 0.796. The van der Waals surface area contributed by atoms with Crippen molar-refractivity contribution in [1.29, 1.82) is 0 Å². The van der Waals surface area contributed by atoms with Gasteiger partial charge in [-0.2, -0.15) is 0 Å². The third-order valence-electron chi connectivity index (χ3n) is 2.96. The van der Waals surface area contributed by atoms with E-state index < -0.39 is 0 Å². The van der Waals surface area contributed by atoms with Gasteiger partial charge < -0.3 is 4.90 Å². The molecular weight excluding hydrogens is 146 g/mol. The Labute approximate surface area is 78.1 Å². The van der Waals surface area contributed by atoms with Crippen LogP contribution in [0.1, 0.15) is 47.0 Å². The molecule has 0 heterocycles. The lowest BCUT2D eigenvalue weighted by Gasteiger charge is -2.27. The lowest BCUT2D eigenvalue weighted by Crippen LogP contribution is -2.32. The van der Waals surface area contributed by atoms with Gasteiger partial charge in [0.15, 0.2) is 0 Å². The van der Waals surface area contributed by atoms with Crippen molar-refractivity contribution in [3.63, 3.8) is 0 Å².